The van der Waals surface area contributed by atoms with Crippen LogP contribution in [0.2, 0.25) is 0 Å². The zero-order chi connectivity index (χ0) is 8.55. The predicted molar refractivity (Wildman–Crippen MR) is 52.3 cm³/mol. The Labute approximate surface area is 74.6 Å². The molecule has 0 bridgehead atoms. The van der Waals surface area contributed by atoms with Crippen LogP contribution in [-0.2, 0) is 0 Å². The Balaban J connectivity index is 2.10. The van der Waals surface area contributed by atoms with Gasteiger partial charge in [0.2, 0.25) is 0 Å². The second-order valence-corrected chi connectivity index (χ2v) is 3.92. The molecule has 0 aromatic heterocycles. The molecule has 0 heterocycles. The van der Waals surface area contributed by atoms with E-state index in [9.17, 15) is 0 Å². The van der Waals surface area contributed by atoms with Crippen molar-refractivity contribution in [2.24, 2.45) is 5.92 Å². The SMILES string of the molecule is CC[C@H]1C[C@@H]1c1ccc(C)cc1. The molecule has 0 radical (unpaired) electrons. The van der Waals surface area contributed by atoms with Crippen molar-refractivity contribution in [3.05, 3.63) is 35.4 Å². The summed E-state index contributed by atoms with van der Waals surface area (Å²) in [7, 11) is 0. The Kier molecular flexibility index (Phi) is 1.92. The maximum Gasteiger partial charge on any atom is -0.0131 e. The first-order valence-corrected chi connectivity index (χ1v) is 4.88. The van der Waals surface area contributed by atoms with Crippen molar-refractivity contribution in [2.45, 2.75) is 32.6 Å². The van der Waals surface area contributed by atoms with Crippen LogP contribution in [0, 0.1) is 12.8 Å². The van der Waals surface area contributed by atoms with E-state index in [1.165, 1.54) is 18.4 Å². The highest BCUT2D eigenvalue weighted by molar-refractivity contribution is 5.28. The van der Waals surface area contributed by atoms with Crippen LogP contribution in [0.3, 0.4) is 0 Å². The van der Waals surface area contributed by atoms with Gasteiger partial charge in [-0.1, -0.05) is 43.2 Å². The first-order chi connectivity index (χ1) is 5.81. The molecular weight excluding hydrogens is 144 g/mol. The Morgan fingerprint density at radius 2 is 1.92 bits per heavy atom. The summed E-state index contributed by atoms with van der Waals surface area (Å²) in [5, 5.41) is 0. The molecule has 0 N–H and O–H groups in total. The summed E-state index contributed by atoms with van der Waals surface area (Å²) in [5.74, 6) is 1.86. The summed E-state index contributed by atoms with van der Waals surface area (Å²) in [6.07, 6.45) is 2.76. The van der Waals surface area contributed by atoms with Gasteiger partial charge in [0, 0.05) is 0 Å². The third-order valence-electron chi connectivity index (χ3n) is 2.95. The molecule has 2 atom stereocenters. The molecule has 1 aromatic rings. The topological polar surface area (TPSA) is 0 Å². The quantitative estimate of drug-likeness (QED) is 0.621. The standard InChI is InChI=1S/C12H16/c1-3-10-8-12(10)11-6-4-9(2)5-7-11/h4-7,10,12H,3,8H2,1-2H3/t10-,12-/m0/s1. The van der Waals surface area contributed by atoms with E-state index in [1.54, 1.807) is 5.56 Å². The van der Waals surface area contributed by atoms with Gasteiger partial charge in [-0.25, -0.2) is 0 Å². The van der Waals surface area contributed by atoms with Gasteiger partial charge in [-0.05, 0) is 30.7 Å². The fourth-order valence-electron chi connectivity index (χ4n) is 1.92. The number of hydrogen-bond acceptors (Lipinski definition) is 0. The third kappa shape index (κ3) is 1.38. The molecule has 0 heteroatoms. The van der Waals surface area contributed by atoms with Crippen molar-refractivity contribution in [1.82, 2.24) is 0 Å². The van der Waals surface area contributed by atoms with Crippen LogP contribution in [0.4, 0.5) is 0 Å². The summed E-state index contributed by atoms with van der Waals surface area (Å²) >= 11 is 0. The fraction of sp³-hybridized carbons (Fsp3) is 0.500. The van der Waals surface area contributed by atoms with Crippen molar-refractivity contribution in [3.63, 3.8) is 0 Å². The Morgan fingerprint density at radius 3 is 2.42 bits per heavy atom. The largest absolute Gasteiger partial charge is 0.0651 e. The van der Waals surface area contributed by atoms with Gasteiger partial charge >= 0.3 is 0 Å². The summed E-state index contributed by atoms with van der Waals surface area (Å²) in [4.78, 5) is 0. The first-order valence-electron chi connectivity index (χ1n) is 4.88. The smallest absolute Gasteiger partial charge is 0.0131 e. The second-order valence-electron chi connectivity index (χ2n) is 3.92. The molecule has 0 saturated heterocycles. The van der Waals surface area contributed by atoms with Crippen LogP contribution in [-0.4, -0.2) is 0 Å². The molecule has 12 heavy (non-hydrogen) atoms. The lowest BCUT2D eigenvalue weighted by molar-refractivity contribution is 0.766. The maximum absolute atomic E-state index is 2.29. The van der Waals surface area contributed by atoms with E-state index in [1.807, 2.05) is 0 Å². The van der Waals surface area contributed by atoms with Gasteiger partial charge in [0.15, 0.2) is 0 Å². The molecule has 0 nitrogen and oxygen atoms in total. The van der Waals surface area contributed by atoms with Gasteiger partial charge in [0.1, 0.15) is 0 Å². The van der Waals surface area contributed by atoms with Crippen molar-refractivity contribution < 1.29 is 0 Å². The number of hydrogen-bond donors (Lipinski definition) is 0. The van der Waals surface area contributed by atoms with Crippen LogP contribution in [0.25, 0.3) is 0 Å². The van der Waals surface area contributed by atoms with Gasteiger partial charge in [0.05, 0.1) is 0 Å². The van der Waals surface area contributed by atoms with Gasteiger partial charge in [-0.2, -0.15) is 0 Å². The van der Waals surface area contributed by atoms with E-state index in [0.29, 0.717) is 0 Å². The lowest BCUT2D eigenvalue weighted by atomic mass is 10.1. The minimum Gasteiger partial charge on any atom is -0.0651 e. The highest BCUT2D eigenvalue weighted by atomic mass is 14.4. The zero-order valence-electron chi connectivity index (χ0n) is 7.88. The monoisotopic (exact) mass is 160 g/mol. The first kappa shape index (κ1) is 7.85. The fourth-order valence-corrected chi connectivity index (χ4v) is 1.92. The molecule has 1 fully saturated rings. The molecular formula is C12H16. The molecule has 1 saturated carbocycles. The Hall–Kier alpha value is -0.780. The van der Waals surface area contributed by atoms with Crippen molar-refractivity contribution >= 4 is 0 Å². The van der Waals surface area contributed by atoms with Gasteiger partial charge in [-0.15, -0.1) is 0 Å². The molecule has 0 spiro atoms. The molecule has 1 aliphatic rings. The molecule has 1 aliphatic carbocycles. The van der Waals surface area contributed by atoms with Gasteiger partial charge in [0.25, 0.3) is 0 Å². The van der Waals surface area contributed by atoms with Crippen LogP contribution < -0.4 is 0 Å². The van der Waals surface area contributed by atoms with Crippen molar-refractivity contribution in [1.29, 1.82) is 0 Å². The molecule has 64 valence electrons. The minimum absolute atomic E-state index is 0.885. The number of benzene rings is 1. The molecule has 1 aromatic carbocycles. The van der Waals surface area contributed by atoms with E-state index >= 15 is 0 Å². The maximum atomic E-state index is 2.29. The van der Waals surface area contributed by atoms with Gasteiger partial charge < -0.3 is 0 Å². The summed E-state index contributed by atoms with van der Waals surface area (Å²) in [5.41, 5.74) is 2.92. The van der Waals surface area contributed by atoms with E-state index in [2.05, 4.69) is 38.1 Å². The predicted octanol–water partition coefficient (Wildman–Crippen LogP) is 3.51. The van der Waals surface area contributed by atoms with Crippen LogP contribution in [0.1, 0.15) is 36.8 Å². The molecule has 0 aliphatic heterocycles. The number of aryl methyl sites for hydroxylation is 1. The normalized spacial score (nSPS) is 27.2. The lowest BCUT2D eigenvalue weighted by Crippen LogP contribution is -1.82. The van der Waals surface area contributed by atoms with Crippen LogP contribution in [0.15, 0.2) is 24.3 Å². The van der Waals surface area contributed by atoms with Crippen LogP contribution in [0.5, 0.6) is 0 Å². The zero-order valence-corrected chi connectivity index (χ0v) is 7.88. The molecule has 0 unspecified atom stereocenters. The van der Waals surface area contributed by atoms with E-state index in [-0.39, 0.29) is 0 Å². The average Bonchev–Trinajstić information content (AvgIpc) is 2.85. The van der Waals surface area contributed by atoms with Gasteiger partial charge in [-0.3, -0.25) is 0 Å². The number of rotatable bonds is 2. The highest BCUT2D eigenvalue weighted by Crippen LogP contribution is 2.49. The summed E-state index contributed by atoms with van der Waals surface area (Å²) in [6.45, 7) is 4.44. The Morgan fingerprint density at radius 1 is 1.25 bits per heavy atom. The lowest BCUT2D eigenvalue weighted by Gasteiger charge is -1.99. The Bertz CT molecular complexity index is 258. The average molecular weight is 160 g/mol. The van der Waals surface area contributed by atoms with Crippen molar-refractivity contribution in [2.75, 3.05) is 0 Å². The highest BCUT2D eigenvalue weighted by Gasteiger charge is 2.36. The summed E-state index contributed by atoms with van der Waals surface area (Å²) in [6, 6.07) is 9.02. The molecule has 0 amide bonds. The molecule has 2 rings (SSSR count). The third-order valence-corrected chi connectivity index (χ3v) is 2.95. The van der Waals surface area contributed by atoms with E-state index in [0.717, 1.165) is 11.8 Å². The summed E-state index contributed by atoms with van der Waals surface area (Å²) < 4.78 is 0. The second kappa shape index (κ2) is 2.93. The minimum atomic E-state index is 0.885. The van der Waals surface area contributed by atoms with Crippen LogP contribution >= 0.6 is 0 Å². The van der Waals surface area contributed by atoms with Crippen molar-refractivity contribution in [3.8, 4) is 0 Å². The van der Waals surface area contributed by atoms with E-state index < -0.39 is 0 Å². The van der Waals surface area contributed by atoms with E-state index in [4.69, 9.17) is 0 Å².